The Morgan fingerprint density at radius 1 is 1.25 bits per heavy atom. The lowest BCUT2D eigenvalue weighted by molar-refractivity contribution is 0.866. The smallest absolute Gasteiger partial charge is 0.153 e. The number of nitrogens with one attached hydrogen (secondary N) is 1. The third-order valence-electron chi connectivity index (χ3n) is 2.87. The fraction of sp³-hybridized carbons (Fsp3) is 0.333. The predicted octanol–water partition coefficient (Wildman–Crippen LogP) is 2.63. The largest absolute Gasteiger partial charge is 0.379 e. The van der Waals surface area contributed by atoms with Gasteiger partial charge in [0.1, 0.15) is 5.82 Å². The Kier molecular flexibility index (Phi) is 6.17. The molecule has 0 spiro atoms. The fourth-order valence-corrected chi connectivity index (χ4v) is 2.52. The highest BCUT2D eigenvalue weighted by atomic mass is 32.2. The molecule has 4 nitrogen and oxygen atoms in total. The number of thioether (sulfide) groups is 1. The molecule has 2 aromatic rings. The highest BCUT2D eigenvalue weighted by Gasteiger charge is 1.98. The predicted molar refractivity (Wildman–Crippen MR) is 86.0 cm³/mol. The summed E-state index contributed by atoms with van der Waals surface area (Å²) in [5, 5.41) is 0.681. The number of aryl methyl sites for hydroxylation is 1. The van der Waals surface area contributed by atoms with Gasteiger partial charge in [0.05, 0.1) is 0 Å². The van der Waals surface area contributed by atoms with Crippen LogP contribution in [0.4, 0.5) is 0 Å². The molecule has 20 heavy (non-hydrogen) atoms. The van der Waals surface area contributed by atoms with Crippen molar-refractivity contribution in [2.75, 3.05) is 12.3 Å². The normalized spacial score (nSPS) is 11.7. The zero-order valence-electron chi connectivity index (χ0n) is 11.5. The molecule has 5 heteroatoms. The Labute approximate surface area is 123 Å². The lowest BCUT2D eigenvalue weighted by Gasteiger charge is -2.01. The fourth-order valence-electron chi connectivity index (χ4n) is 1.84. The van der Waals surface area contributed by atoms with Crippen molar-refractivity contribution in [2.24, 2.45) is 10.7 Å². The highest BCUT2D eigenvalue weighted by molar-refractivity contribution is 8.13. The van der Waals surface area contributed by atoms with E-state index >= 15 is 0 Å². The lowest BCUT2D eigenvalue weighted by atomic mass is 10.2. The molecule has 0 unspecified atom stereocenters. The molecular weight excluding hydrogens is 268 g/mol. The topological polar surface area (TPSA) is 67.1 Å². The van der Waals surface area contributed by atoms with E-state index in [1.807, 2.05) is 24.4 Å². The van der Waals surface area contributed by atoms with Gasteiger partial charge >= 0.3 is 0 Å². The van der Waals surface area contributed by atoms with Crippen molar-refractivity contribution in [2.45, 2.75) is 19.3 Å². The molecule has 0 fully saturated rings. The second-order valence-corrected chi connectivity index (χ2v) is 5.56. The van der Waals surface area contributed by atoms with Crippen LogP contribution in [0.15, 0.2) is 47.7 Å². The van der Waals surface area contributed by atoms with Gasteiger partial charge in [0.25, 0.3) is 0 Å². The number of aliphatic imine (C=N–C) groups is 1. The van der Waals surface area contributed by atoms with Crippen LogP contribution in [-0.4, -0.2) is 27.4 Å². The SMILES string of the molecule is NC(=NCCc1ccccc1)SCCCc1ncc[nH]1. The van der Waals surface area contributed by atoms with Crippen molar-refractivity contribution in [3.63, 3.8) is 0 Å². The minimum absolute atomic E-state index is 0.681. The van der Waals surface area contributed by atoms with Crippen LogP contribution in [0.3, 0.4) is 0 Å². The van der Waals surface area contributed by atoms with Crippen LogP contribution >= 0.6 is 11.8 Å². The van der Waals surface area contributed by atoms with Crippen LogP contribution in [0.5, 0.6) is 0 Å². The van der Waals surface area contributed by atoms with Gasteiger partial charge in [-0.05, 0) is 18.4 Å². The van der Waals surface area contributed by atoms with Gasteiger partial charge < -0.3 is 10.7 Å². The van der Waals surface area contributed by atoms with E-state index in [4.69, 9.17) is 5.73 Å². The monoisotopic (exact) mass is 288 g/mol. The van der Waals surface area contributed by atoms with Gasteiger partial charge in [-0.15, -0.1) is 0 Å². The molecule has 0 atom stereocenters. The van der Waals surface area contributed by atoms with Crippen LogP contribution in [0.25, 0.3) is 0 Å². The summed E-state index contributed by atoms with van der Waals surface area (Å²) in [5.74, 6) is 2.01. The second-order valence-electron chi connectivity index (χ2n) is 4.44. The summed E-state index contributed by atoms with van der Waals surface area (Å²) in [6, 6.07) is 10.3. The standard InChI is InChI=1S/C15H20N4S/c16-15(19-9-8-13-5-2-1-3-6-13)20-12-4-7-14-17-10-11-18-14/h1-3,5-6,10-11H,4,7-9,12H2,(H2,16,19)(H,17,18). The molecule has 0 saturated carbocycles. The van der Waals surface area contributed by atoms with E-state index in [-0.39, 0.29) is 0 Å². The molecule has 0 bridgehead atoms. The van der Waals surface area contributed by atoms with Crippen LogP contribution in [0, 0.1) is 0 Å². The number of benzene rings is 1. The molecule has 0 saturated heterocycles. The number of nitrogens with two attached hydrogens (primary N) is 1. The Balaban J connectivity index is 1.59. The van der Waals surface area contributed by atoms with Crippen LogP contribution in [0.2, 0.25) is 0 Å². The van der Waals surface area contributed by atoms with Crippen molar-refractivity contribution in [3.05, 3.63) is 54.1 Å². The zero-order valence-corrected chi connectivity index (χ0v) is 12.3. The van der Waals surface area contributed by atoms with E-state index in [1.165, 1.54) is 5.56 Å². The summed E-state index contributed by atoms with van der Waals surface area (Å²) in [6.07, 6.45) is 6.57. The summed E-state index contributed by atoms with van der Waals surface area (Å²) >= 11 is 1.62. The maximum absolute atomic E-state index is 5.89. The van der Waals surface area contributed by atoms with E-state index < -0.39 is 0 Å². The second kappa shape index (κ2) is 8.43. The first-order chi connectivity index (χ1) is 9.84. The Morgan fingerprint density at radius 2 is 2.10 bits per heavy atom. The number of aromatic nitrogens is 2. The number of imidazole rings is 1. The number of nitrogens with zero attached hydrogens (tertiary/aromatic N) is 2. The van der Waals surface area contributed by atoms with Crippen LogP contribution in [-0.2, 0) is 12.8 Å². The molecule has 0 radical (unpaired) electrons. The van der Waals surface area contributed by atoms with Gasteiger partial charge in [-0.3, -0.25) is 4.99 Å². The number of hydrogen-bond donors (Lipinski definition) is 2. The Hall–Kier alpha value is -1.75. The van der Waals surface area contributed by atoms with E-state index in [0.29, 0.717) is 5.17 Å². The summed E-state index contributed by atoms with van der Waals surface area (Å²) in [6.45, 7) is 0.751. The number of H-pyrrole nitrogens is 1. The molecule has 1 aromatic heterocycles. The van der Waals surface area contributed by atoms with Gasteiger partial charge in [0, 0.05) is 31.1 Å². The quantitative estimate of drug-likeness (QED) is 0.467. The van der Waals surface area contributed by atoms with Gasteiger partial charge in [-0.1, -0.05) is 42.1 Å². The van der Waals surface area contributed by atoms with Gasteiger partial charge in [-0.2, -0.15) is 0 Å². The summed E-state index contributed by atoms with van der Waals surface area (Å²) in [7, 11) is 0. The van der Waals surface area contributed by atoms with Gasteiger partial charge in [-0.25, -0.2) is 4.98 Å². The molecular formula is C15H20N4S. The lowest BCUT2D eigenvalue weighted by Crippen LogP contribution is -2.09. The van der Waals surface area contributed by atoms with Crippen molar-refractivity contribution >= 4 is 16.9 Å². The zero-order chi connectivity index (χ0) is 14.0. The molecule has 3 N–H and O–H groups in total. The molecule has 1 aromatic carbocycles. The van der Waals surface area contributed by atoms with E-state index in [0.717, 1.165) is 37.4 Å². The van der Waals surface area contributed by atoms with Crippen molar-refractivity contribution in [1.82, 2.24) is 9.97 Å². The highest BCUT2D eigenvalue weighted by Crippen LogP contribution is 2.06. The Bertz CT molecular complexity index is 508. The van der Waals surface area contributed by atoms with Crippen molar-refractivity contribution < 1.29 is 0 Å². The van der Waals surface area contributed by atoms with Crippen molar-refractivity contribution in [3.8, 4) is 0 Å². The summed E-state index contributed by atoms with van der Waals surface area (Å²) < 4.78 is 0. The number of hydrogen-bond acceptors (Lipinski definition) is 3. The first-order valence-corrected chi connectivity index (χ1v) is 7.78. The molecule has 106 valence electrons. The number of amidine groups is 1. The number of aromatic amines is 1. The summed E-state index contributed by atoms with van der Waals surface area (Å²) in [4.78, 5) is 11.7. The first-order valence-electron chi connectivity index (χ1n) is 6.79. The molecule has 0 aliphatic rings. The first kappa shape index (κ1) is 14.7. The van der Waals surface area contributed by atoms with Crippen molar-refractivity contribution in [1.29, 1.82) is 0 Å². The minimum atomic E-state index is 0.681. The molecule has 1 heterocycles. The summed E-state index contributed by atoms with van der Waals surface area (Å²) in [5.41, 5.74) is 7.18. The molecule has 0 aliphatic heterocycles. The molecule has 0 amide bonds. The van der Waals surface area contributed by atoms with E-state index in [9.17, 15) is 0 Å². The van der Waals surface area contributed by atoms with Gasteiger partial charge in [0.2, 0.25) is 0 Å². The third-order valence-corrected chi connectivity index (χ3v) is 3.79. The van der Waals surface area contributed by atoms with Crippen LogP contribution < -0.4 is 5.73 Å². The Morgan fingerprint density at radius 3 is 2.85 bits per heavy atom. The maximum Gasteiger partial charge on any atom is 0.153 e. The minimum Gasteiger partial charge on any atom is -0.379 e. The van der Waals surface area contributed by atoms with E-state index in [1.54, 1.807) is 18.0 Å². The van der Waals surface area contributed by atoms with Crippen LogP contribution in [0.1, 0.15) is 17.8 Å². The maximum atomic E-state index is 5.89. The molecule has 0 aliphatic carbocycles. The van der Waals surface area contributed by atoms with Gasteiger partial charge in [0.15, 0.2) is 5.17 Å². The molecule has 2 rings (SSSR count). The number of rotatable bonds is 7. The average Bonchev–Trinajstić information content (AvgIpc) is 2.98. The third kappa shape index (κ3) is 5.48. The average molecular weight is 288 g/mol. The van der Waals surface area contributed by atoms with E-state index in [2.05, 4.69) is 27.1 Å².